The fourth-order valence-corrected chi connectivity index (χ4v) is 1.03. The average Bonchev–Trinajstić information content (AvgIpc) is 2.03. The first-order valence-corrected chi connectivity index (χ1v) is 4.13. The van der Waals surface area contributed by atoms with Crippen LogP contribution in [0.4, 0.5) is 0 Å². The summed E-state index contributed by atoms with van der Waals surface area (Å²) in [6, 6.07) is 7.27. The van der Waals surface area contributed by atoms with Crippen molar-refractivity contribution < 1.29 is 9.90 Å². The maximum Gasteiger partial charge on any atom is 0.315 e. The van der Waals surface area contributed by atoms with E-state index in [1.807, 2.05) is 18.2 Å². The Morgan fingerprint density at radius 1 is 1.54 bits per heavy atom. The van der Waals surface area contributed by atoms with Crippen LogP contribution in [-0.2, 0) is 4.79 Å². The summed E-state index contributed by atoms with van der Waals surface area (Å²) in [7, 11) is 0. The lowest BCUT2D eigenvalue weighted by Gasteiger charge is -1.90. The number of carbonyl (C=O) groups is 1. The first-order chi connectivity index (χ1) is 6.18. The normalized spacial score (nSPS) is 8.69. The Kier molecular flexibility index (Phi) is 3.41. The van der Waals surface area contributed by atoms with Gasteiger partial charge >= 0.3 is 5.97 Å². The predicted molar refractivity (Wildman–Crippen MR) is 52.8 cm³/mol. The van der Waals surface area contributed by atoms with Crippen molar-refractivity contribution in [3.63, 3.8) is 0 Å². The lowest BCUT2D eigenvalue weighted by atomic mass is 10.2. The molecule has 0 saturated heterocycles. The van der Waals surface area contributed by atoms with E-state index in [-0.39, 0.29) is 6.42 Å². The van der Waals surface area contributed by atoms with Gasteiger partial charge in [-0.2, -0.15) is 0 Å². The number of carboxylic acid groups (broad SMARTS) is 1. The summed E-state index contributed by atoms with van der Waals surface area (Å²) >= 11 is 4.13. The number of hydrogen-bond acceptors (Lipinski definition) is 2. The highest BCUT2D eigenvalue weighted by Gasteiger charge is 1.90. The van der Waals surface area contributed by atoms with Gasteiger partial charge in [-0.05, 0) is 18.2 Å². The van der Waals surface area contributed by atoms with Crippen LogP contribution in [0.5, 0.6) is 0 Å². The van der Waals surface area contributed by atoms with Gasteiger partial charge < -0.3 is 5.11 Å². The Morgan fingerprint density at radius 3 is 2.92 bits per heavy atom. The van der Waals surface area contributed by atoms with Gasteiger partial charge in [-0.1, -0.05) is 17.9 Å². The fourth-order valence-electron chi connectivity index (χ4n) is 0.806. The Balaban J connectivity index is 2.72. The predicted octanol–water partition coefficient (Wildman–Crippen LogP) is 1.80. The molecule has 0 spiro atoms. The smallest absolute Gasteiger partial charge is 0.315 e. The monoisotopic (exact) mass is 192 g/mol. The maximum atomic E-state index is 10.1. The lowest BCUT2D eigenvalue weighted by molar-refractivity contribution is -0.135. The van der Waals surface area contributed by atoms with E-state index < -0.39 is 5.97 Å². The van der Waals surface area contributed by atoms with E-state index in [2.05, 4.69) is 24.5 Å². The molecule has 0 unspecified atom stereocenters. The second-order valence-corrected chi connectivity index (χ2v) is 2.94. The van der Waals surface area contributed by atoms with E-state index in [4.69, 9.17) is 5.11 Å². The number of aliphatic carboxylic acids is 1. The molecule has 0 atom stereocenters. The van der Waals surface area contributed by atoms with Crippen molar-refractivity contribution in [2.45, 2.75) is 11.3 Å². The molecule has 1 aromatic carbocycles. The minimum absolute atomic E-state index is 0.128. The van der Waals surface area contributed by atoms with Gasteiger partial charge in [0.15, 0.2) is 0 Å². The van der Waals surface area contributed by atoms with Crippen LogP contribution in [0.2, 0.25) is 0 Å². The highest BCUT2D eigenvalue weighted by molar-refractivity contribution is 7.80. The number of carboxylic acids is 1. The number of benzene rings is 1. The van der Waals surface area contributed by atoms with Crippen LogP contribution in [-0.4, -0.2) is 11.1 Å². The summed E-state index contributed by atoms with van der Waals surface area (Å²) in [6.45, 7) is 0. The van der Waals surface area contributed by atoms with Crippen LogP contribution in [0.3, 0.4) is 0 Å². The fraction of sp³-hybridized carbons (Fsp3) is 0.100. The molecule has 0 aromatic heterocycles. The first kappa shape index (κ1) is 9.69. The van der Waals surface area contributed by atoms with Crippen LogP contribution >= 0.6 is 12.6 Å². The van der Waals surface area contributed by atoms with Gasteiger partial charge in [-0.3, -0.25) is 4.79 Å². The summed E-state index contributed by atoms with van der Waals surface area (Å²) in [5, 5.41) is 8.33. The first-order valence-electron chi connectivity index (χ1n) is 3.68. The largest absolute Gasteiger partial charge is 0.481 e. The van der Waals surface area contributed by atoms with E-state index in [1.54, 1.807) is 6.07 Å². The minimum Gasteiger partial charge on any atom is -0.481 e. The van der Waals surface area contributed by atoms with Crippen LogP contribution in [0, 0.1) is 11.8 Å². The number of rotatable bonds is 1. The maximum absolute atomic E-state index is 10.1. The number of thiol groups is 1. The van der Waals surface area contributed by atoms with Crippen LogP contribution in [0.15, 0.2) is 29.2 Å². The molecule has 0 aliphatic carbocycles. The van der Waals surface area contributed by atoms with Crippen molar-refractivity contribution in [2.75, 3.05) is 0 Å². The lowest BCUT2D eigenvalue weighted by Crippen LogP contribution is -1.90. The molecule has 13 heavy (non-hydrogen) atoms. The average molecular weight is 192 g/mol. The van der Waals surface area contributed by atoms with Gasteiger partial charge in [0, 0.05) is 10.5 Å². The molecule has 1 aromatic rings. The van der Waals surface area contributed by atoms with Crippen molar-refractivity contribution in [2.24, 2.45) is 0 Å². The van der Waals surface area contributed by atoms with E-state index in [0.29, 0.717) is 0 Å². The second-order valence-electron chi connectivity index (χ2n) is 2.42. The van der Waals surface area contributed by atoms with Gasteiger partial charge in [0.1, 0.15) is 6.42 Å². The summed E-state index contributed by atoms with van der Waals surface area (Å²) in [4.78, 5) is 11.0. The van der Waals surface area contributed by atoms with Crippen LogP contribution in [0.1, 0.15) is 12.0 Å². The van der Waals surface area contributed by atoms with Crippen molar-refractivity contribution >= 4 is 18.6 Å². The van der Waals surface area contributed by atoms with E-state index in [9.17, 15) is 4.79 Å². The van der Waals surface area contributed by atoms with Gasteiger partial charge in [0.25, 0.3) is 0 Å². The van der Waals surface area contributed by atoms with Gasteiger partial charge in [-0.15, -0.1) is 12.6 Å². The topological polar surface area (TPSA) is 37.3 Å². The third-order valence-electron chi connectivity index (χ3n) is 1.32. The zero-order valence-corrected chi connectivity index (χ0v) is 7.71. The Bertz CT molecular complexity index is 374. The van der Waals surface area contributed by atoms with E-state index >= 15 is 0 Å². The molecule has 0 saturated carbocycles. The van der Waals surface area contributed by atoms with Crippen LogP contribution < -0.4 is 0 Å². The summed E-state index contributed by atoms with van der Waals surface area (Å²) in [5.74, 6) is 4.37. The summed E-state index contributed by atoms with van der Waals surface area (Å²) in [5.41, 5.74) is 0.786. The standard InChI is InChI=1S/C10H8O2S/c11-10(12)6-2-4-8-3-1-5-9(13)7-8/h1,3,5,7,13H,6H2,(H,11,12). The molecule has 0 bridgehead atoms. The molecule has 1 rings (SSSR count). The molecule has 0 amide bonds. The Morgan fingerprint density at radius 2 is 2.31 bits per heavy atom. The van der Waals surface area contributed by atoms with Crippen molar-refractivity contribution in [1.29, 1.82) is 0 Å². The molecule has 0 aliphatic rings. The third-order valence-corrected chi connectivity index (χ3v) is 1.60. The van der Waals surface area contributed by atoms with Crippen molar-refractivity contribution in [3.05, 3.63) is 29.8 Å². The molecule has 0 heterocycles. The number of hydrogen-bond donors (Lipinski definition) is 2. The van der Waals surface area contributed by atoms with Crippen molar-refractivity contribution in [3.8, 4) is 11.8 Å². The molecule has 0 aliphatic heterocycles. The highest BCUT2D eigenvalue weighted by atomic mass is 32.1. The van der Waals surface area contributed by atoms with Crippen molar-refractivity contribution in [1.82, 2.24) is 0 Å². The highest BCUT2D eigenvalue weighted by Crippen LogP contribution is 2.07. The van der Waals surface area contributed by atoms with E-state index in [1.165, 1.54) is 0 Å². The van der Waals surface area contributed by atoms with Gasteiger partial charge in [0.2, 0.25) is 0 Å². The molecule has 0 radical (unpaired) electrons. The molecule has 1 N–H and O–H groups in total. The Hall–Kier alpha value is -1.40. The molecular weight excluding hydrogens is 184 g/mol. The molecular formula is C10H8O2S. The second kappa shape index (κ2) is 4.58. The molecule has 3 heteroatoms. The summed E-state index contributed by atoms with van der Waals surface area (Å²) in [6.07, 6.45) is -0.128. The zero-order chi connectivity index (χ0) is 9.68. The summed E-state index contributed by atoms with van der Waals surface area (Å²) < 4.78 is 0. The van der Waals surface area contributed by atoms with Gasteiger partial charge in [0.05, 0.1) is 0 Å². The molecule has 0 fully saturated rings. The quantitative estimate of drug-likeness (QED) is 0.526. The minimum atomic E-state index is -0.908. The van der Waals surface area contributed by atoms with Crippen LogP contribution in [0.25, 0.3) is 0 Å². The zero-order valence-electron chi connectivity index (χ0n) is 6.82. The Labute approximate surface area is 82.0 Å². The molecule has 66 valence electrons. The third kappa shape index (κ3) is 3.68. The SMILES string of the molecule is O=C(O)CC#Cc1cccc(S)c1. The van der Waals surface area contributed by atoms with Gasteiger partial charge in [-0.25, -0.2) is 0 Å². The van der Waals surface area contributed by atoms with E-state index in [0.717, 1.165) is 10.5 Å². The molecule has 2 nitrogen and oxygen atoms in total.